The number of carbonyl (C=O) groups excluding carboxylic acids is 3. The minimum absolute atomic E-state index is 0.0276. The Kier molecular flexibility index (Phi) is 7.52. The van der Waals surface area contributed by atoms with Crippen LogP contribution in [-0.2, 0) is 4.74 Å². The summed E-state index contributed by atoms with van der Waals surface area (Å²) in [7, 11) is 0. The fraction of sp³-hybridized carbons (Fsp3) is 0.316. The van der Waals surface area contributed by atoms with E-state index in [0.29, 0.717) is 5.56 Å². The average molecular weight is 454 g/mol. The van der Waals surface area contributed by atoms with Gasteiger partial charge in [0.15, 0.2) is 0 Å². The number of nitro benzene ring substituents is 1. The average Bonchev–Trinajstić information content (AvgIpc) is 2.97. The number of hydrogen-bond acceptors (Lipinski definition) is 7. The molecule has 0 radical (unpaired) electrons. The molecule has 0 saturated heterocycles. The number of amides is 2. The van der Waals surface area contributed by atoms with Gasteiger partial charge in [0.2, 0.25) is 0 Å². The van der Waals surface area contributed by atoms with E-state index in [1.165, 1.54) is 12.1 Å². The Morgan fingerprint density at radius 1 is 1.27 bits per heavy atom. The molecule has 2 rings (SSSR count). The zero-order valence-electron chi connectivity index (χ0n) is 16.7. The Labute approximate surface area is 181 Å². The van der Waals surface area contributed by atoms with Gasteiger partial charge in [-0.3, -0.25) is 19.7 Å². The van der Waals surface area contributed by atoms with E-state index in [2.05, 4.69) is 10.6 Å². The van der Waals surface area contributed by atoms with Crippen LogP contribution >= 0.6 is 22.9 Å². The molecule has 0 aliphatic rings. The normalized spacial score (nSPS) is 10.6. The molecule has 0 unspecified atom stereocenters. The lowest BCUT2D eigenvalue weighted by Gasteiger charge is -2.08. The van der Waals surface area contributed by atoms with Crippen molar-refractivity contribution in [3.8, 4) is 0 Å². The SMILES string of the molecule is CCOC(=O)c1c(NC(=O)c2ccc(Cl)c([N+](=O)[O-])c2)sc(C(=O)NC(C)C)c1C. The quantitative estimate of drug-likeness (QED) is 0.367. The largest absolute Gasteiger partial charge is 0.462 e. The van der Waals surface area contributed by atoms with Crippen molar-refractivity contribution in [1.82, 2.24) is 5.32 Å². The van der Waals surface area contributed by atoms with Crippen LogP contribution in [0.1, 0.15) is 56.7 Å². The first kappa shape index (κ1) is 23.3. The number of benzene rings is 1. The van der Waals surface area contributed by atoms with Crippen LogP contribution in [0.15, 0.2) is 18.2 Å². The van der Waals surface area contributed by atoms with Gasteiger partial charge >= 0.3 is 5.97 Å². The van der Waals surface area contributed by atoms with Gasteiger partial charge in [-0.1, -0.05) is 11.6 Å². The highest BCUT2D eigenvalue weighted by Crippen LogP contribution is 2.34. The highest BCUT2D eigenvalue weighted by atomic mass is 35.5. The van der Waals surface area contributed by atoms with Gasteiger partial charge in [0.1, 0.15) is 10.0 Å². The van der Waals surface area contributed by atoms with Gasteiger partial charge < -0.3 is 15.4 Å². The maximum atomic E-state index is 12.7. The van der Waals surface area contributed by atoms with Crippen molar-refractivity contribution in [2.45, 2.75) is 33.7 Å². The fourth-order valence-corrected chi connectivity index (χ4v) is 3.84. The highest BCUT2D eigenvalue weighted by molar-refractivity contribution is 7.18. The summed E-state index contributed by atoms with van der Waals surface area (Å²) in [6, 6.07) is 3.47. The van der Waals surface area contributed by atoms with Gasteiger partial charge in [0.05, 0.1) is 22.0 Å². The summed E-state index contributed by atoms with van der Waals surface area (Å²) in [6.07, 6.45) is 0. The second kappa shape index (κ2) is 9.68. The summed E-state index contributed by atoms with van der Waals surface area (Å²) >= 11 is 6.70. The number of carbonyl (C=O) groups is 3. The second-order valence-corrected chi connectivity index (χ2v) is 7.91. The minimum atomic E-state index is -0.702. The van der Waals surface area contributed by atoms with Crippen molar-refractivity contribution in [1.29, 1.82) is 0 Å². The third-order valence-electron chi connectivity index (χ3n) is 3.88. The van der Waals surface area contributed by atoms with Crippen molar-refractivity contribution in [2.24, 2.45) is 0 Å². The second-order valence-electron chi connectivity index (χ2n) is 6.49. The molecular formula is C19H20ClN3O6S. The van der Waals surface area contributed by atoms with E-state index in [9.17, 15) is 24.5 Å². The number of nitro groups is 1. The maximum Gasteiger partial charge on any atom is 0.341 e. The van der Waals surface area contributed by atoms with E-state index in [4.69, 9.17) is 16.3 Å². The maximum absolute atomic E-state index is 12.7. The molecule has 2 aromatic rings. The van der Waals surface area contributed by atoms with Gasteiger partial charge in [-0.05, 0) is 45.4 Å². The molecule has 0 saturated carbocycles. The summed E-state index contributed by atoms with van der Waals surface area (Å²) < 4.78 is 5.06. The summed E-state index contributed by atoms with van der Waals surface area (Å²) in [5.74, 6) is -1.77. The smallest absolute Gasteiger partial charge is 0.341 e. The van der Waals surface area contributed by atoms with Crippen molar-refractivity contribution >= 4 is 51.4 Å². The van der Waals surface area contributed by atoms with Crippen LogP contribution in [-0.4, -0.2) is 35.4 Å². The Morgan fingerprint density at radius 2 is 1.93 bits per heavy atom. The first-order valence-electron chi connectivity index (χ1n) is 8.93. The van der Waals surface area contributed by atoms with Crippen LogP contribution in [0, 0.1) is 17.0 Å². The van der Waals surface area contributed by atoms with Crippen molar-refractivity contribution in [3.63, 3.8) is 0 Å². The van der Waals surface area contributed by atoms with Gasteiger partial charge in [-0.2, -0.15) is 0 Å². The van der Waals surface area contributed by atoms with Crippen LogP contribution < -0.4 is 10.6 Å². The van der Waals surface area contributed by atoms with Crippen LogP contribution in [0.25, 0.3) is 0 Å². The molecule has 9 nitrogen and oxygen atoms in total. The van der Waals surface area contributed by atoms with Gasteiger partial charge in [0.25, 0.3) is 17.5 Å². The van der Waals surface area contributed by atoms with Crippen molar-refractivity contribution in [2.75, 3.05) is 11.9 Å². The molecule has 2 amide bonds. The molecule has 30 heavy (non-hydrogen) atoms. The Hall–Kier alpha value is -2.98. The highest BCUT2D eigenvalue weighted by Gasteiger charge is 2.27. The number of nitrogens with zero attached hydrogens (tertiary/aromatic N) is 1. The Bertz CT molecular complexity index is 1020. The molecule has 0 bridgehead atoms. The number of thiophene rings is 1. The fourth-order valence-electron chi connectivity index (χ4n) is 2.56. The van der Waals surface area contributed by atoms with E-state index in [-0.39, 0.29) is 44.6 Å². The molecule has 1 aromatic carbocycles. The molecule has 160 valence electrons. The molecule has 1 heterocycles. The van der Waals surface area contributed by atoms with E-state index in [1.54, 1.807) is 27.7 Å². The summed E-state index contributed by atoms with van der Waals surface area (Å²) in [4.78, 5) is 48.2. The molecule has 0 fully saturated rings. The first-order valence-corrected chi connectivity index (χ1v) is 10.1. The predicted octanol–water partition coefficient (Wildman–Crippen LogP) is 4.19. The lowest BCUT2D eigenvalue weighted by atomic mass is 10.1. The molecule has 0 aliphatic heterocycles. The van der Waals surface area contributed by atoms with Crippen molar-refractivity contribution in [3.05, 3.63) is 54.9 Å². The first-order chi connectivity index (χ1) is 14.1. The number of ether oxygens (including phenoxy) is 1. The number of nitrogens with one attached hydrogen (secondary N) is 2. The standard InChI is InChI=1S/C19H20ClN3O6S/c1-5-29-19(26)14-10(4)15(17(25)21-9(2)3)30-18(14)22-16(24)11-6-7-12(20)13(8-11)23(27)28/h6-9H,5H2,1-4H3,(H,21,25)(H,22,24). The Balaban J connectivity index is 2.45. The van der Waals surface area contributed by atoms with Crippen molar-refractivity contribution < 1.29 is 24.0 Å². The number of hydrogen-bond donors (Lipinski definition) is 2. The summed E-state index contributed by atoms with van der Waals surface area (Å²) in [5, 5.41) is 16.4. The Morgan fingerprint density at radius 3 is 2.50 bits per heavy atom. The lowest BCUT2D eigenvalue weighted by molar-refractivity contribution is -0.384. The van der Waals surface area contributed by atoms with E-state index < -0.39 is 22.5 Å². The van der Waals surface area contributed by atoms with Crippen LogP contribution in [0.5, 0.6) is 0 Å². The zero-order valence-corrected chi connectivity index (χ0v) is 18.3. The van der Waals surface area contributed by atoms with Crippen LogP contribution in [0.4, 0.5) is 10.7 Å². The van der Waals surface area contributed by atoms with Crippen LogP contribution in [0.2, 0.25) is 5.02 Å². The van der Waals surface area contributed by atoms with E-state index in [0.717, 1.165) is 17.4 Å². The number of rotatable bonds is 7. The van der Waals surface area contributed by atoms with Gasteiger partial charge in [-0.25, -0.2) is 4.79 Å². The summed E-state index contributed by atoms with van der Waals surface area (Å²) in [6.45, 7) is 6.92. The topological polar surface area (TPSA) is 128 Å². The lowest BCUT2D eigenvalue weighted by Crippen LogP contribution is -2.29. The summed E-state index contributed by atoms with van der Waals surface area (Å²) in [5.41, 5.74) is -0.0176. The predicted molar refractivity (Wildman–Crippen MR) is 114 cm³/mol. The third-order valence-corrected chi connectivity index (χ3v) is 5.41. The molecular weight excluding hydrogens is 434 g/mol. The number of esters is 1. The molecule has 2 N–H and O–H groups in total. The number of halogens is 1. The van der Waals surface area contributed by atoms with Crippen LogP contribution in [0.3, 0.4) is 0 Å². The third kappa shape index (κ3) is 5.14. The zero-order chi connectivity index (χ0) is 22.6. The van der Waals surface area contributed by atoms with E-state index >= 15 is 0 Å². The van der Waals surface area contributed by atoms with E-state index in [1.807, 2.05) is 0 Å². The van der Waals surface area contributed by atoms with Gasteiger partial charge in [0, 0.05) is 17.7 Å². The van der Waals surface area contributed by atoms with Gasteiger partial charge in [-0.15, -0.1) is 11.3 Å². The molecule has 1 aromatic heterocycles. The minimum Gasteiger partial charge on any atom is -0.462 e. The number of anilines is 1. The molecule has 0 atom stereocenters. The monoisotopic (exact) mass is 453 g/mol. The molecule has 11 heteroatoms. The molecule has 0 aliphatic carbocycles. The molecule has 0 spiro atoms.